The molecule has 0 saturated heterocycles. The van der Waals surface area contributed by atoms with Crippen molar-refractivity contribution in [3.8, 4) is 28.1 Å². The highest BCUT2D eigenvalue weighted by atomic mass is 35.5. The molecule has 0 aliphatic heterocycles. The Morgan fingerprint density at radius 2 is 1.80 bits per heavy atom. The Labute approximate surface area is 188 Å². The number of aromatic carboxylic acids is 1. The van der Waals surface area contributed by atoms with E-state index in [4.69, 9.17) is 39.5 Å². The number of aromatic nitrogens is 1. The van der Waals surface area contributed by atoms with Gasteiger partial charge in [-0.2, -0.15) is 0 Å². The maximum atomic E-state index is 13.5. The monoisotopic (exact) mass is 465 g/mol. The number of carboxylic acids is 1. The van der Waals surface area contributed by atoms with Gasteiger partial charge < -0.3 is 14.4 Å². The van der Waals surface area contributed by atoms with Gasteiger partial charge in [0, 0.05) is 28.4 Å². The smallest absolute Gasteiger partial charge is 0.341 e. The summed E-state index contributed by atoms with van der Waals surface area (Å²) in [5, 5.41) is 11.0. The molecule has 0 bridgehead atoms. The number of hydrogen-bond donors (Lipinski definition) is 1. The number of carboxylic acid groups (broad SMARTS) is 1. The third-order valence-corrected chi connectivity index (χ3v) is 5.86. The van der Waals surface area contributed by atoms with Gasteiger partial charge in [-0.15, -0.1) is 0 Å². The minimum Gasteiger partial charge on any atom is -0.496 e. The van der Waals surface area contributed by atoms with E-state index >= 15 is 0 Å². The summed E-state index contributed by atoms with van der Waals surface area (Å²) in [4.78, 5) is 25.7. The van der Waals surface area contributed by atoms with E-state index in [2.05, 4.69) is 0 Å². The highest BCUT2D eigenvalue weighted by Gasteiger charge is 2.27. The number of pyridine rings is 1. The van der Waals surface area contributed by atoms with Crippen molar-refractivity contribution in [1.82, 2.24) is 4.57 Å². The van der Waals surface area contributed by atoms with Gasteiger partial charge in [0.25, 0.3) is 0 Å². The molecule has 0 fully saturated rings. The molecule has 1 N–H and O–H groups in total. The van der Waals surface area contributed by atoms with Crippen LogP contribution >= 0.6 is 34.8 Å². The number of rotatable bonds is 5. The van der Waals surface area contributed by atoms with Gasteiger partial charge in [-0.1, -0.05) is 40.9 Å². The number of halogens is 3. The van der Waals surface area contributed by atoms with Crippen molar-refractivity contribution in [2.24, 2.45) is 0 Å². The molecule has 30 heavy (non-hydrogen) atoms. The summed E-state index contributed by atoms with van der Waals surface area (Å²) in [6.07, 6.45) is 0. The molecule has 8 heteroatoms. The highest BCUT2D eigenvalue weighted by Crippen LogP contribution is 2.36. The molecular formula is C22H18Cl3NO4. The average Bonchev–Trinajstić information content (AvgIpc) is 2.70. The van der Waals surface area contributed by atoms with Crippen molar-refractivity contribution in [3.63, 3.8) is 0 Å². The van der Waals surface area contributed by atoms with E-state index in [1.807, 2.05) is 6.92 Å². The fraction of sp³-hybridized carbons (Fsp3) is 0.182. The molecular weight excluding hydrogens is 449 g/mol. The van der Waals surface area contributed by atoms with E-state index in [1.165, 1.54) is 7.11 Å². The molecule has 0 spiro atoms. The van der Waals surface area contributed by atoms with Crippen LogP contribution in [0, 0.1) is 6.92 Å². The number of carbonyl (C=O) groups is 1. The van der Waals surface area contributed by atoms with Crippen LogP contribution in [0.25, 0.3) is 22.4 Å². The van der Waals surface area contributed by atoms with Crippen LogP contribution < -0.4 is 10.2 Å². The fourth-order valence-electron chi connectivity index (χ4n) is 3.56. The maximum absolute atomic E-state index is 13.5. The molecule has 0 atom stereocenters. The molecule has 0 unspecified atom stereocenters. The summed E-state index contributed by atoms with van der Waals surface area (Å²) in [5.41, 5.74) is 1.08. The van der Waals surface area contributed by atoms with Gasteiger partial charge in [-0.05, 0) is 44.2 Å². The number of methoxy groups -OCH3 is 1. The minimum atomic E-state index is -1.34. The molecule has 0 amide bonds. The Bertz CT molecular complexity index is 1220. The van der Waals surface area contributed by atoms with Gasteiger partial charge in [0.15, 0.2) is 0 Å². The lowest BCUT2D eigenvalue weighted by atomic mass is 9.95. The van der Waals surface area contributed by atoms with Crippen LogP contribution in [0.15, 0.2) is 41.2 Å². The molecule has 0 saturated carbocycles. The third-order valence-electron chi connectivity index (χ3n) is 4.88. The fourth-order valence-corrected chi connectivity index (χ4v) is 4.02. The lowest BCUT2D eigenvalue weighted by molar-refractivity contribution is 0.0695. The molecule has 0 aliphatic carbocycles. The van der Waals surface area contributed by atoms with Crippen LogP contribution in [-0.4, -0.2) is 22.8 Å². The van der Waals surface area contributed by atoms with Crippen LogP contribution in [0.5, 0.6) is 5.75 Å². The first kappa shape index (κ1) is 22.2. The molecule has 1 aromatic heterocycles. The van der Waals surface area contributed by atoms with E-state index < -0.39 is 11.4 Å². The first-order valence-electron chi connectivity index (χ1n) is 9.01. The van der Waals surface area contributed by atoms with Gasteiger partial charge in [-0.3, -0.25) is 4.79 Å². The summed E-state index contributed by atoms with van der Waals surface area (Å²) in [6, 6.07) is 9.63. The number of benzene rings is 2. The van der Waals surface area contributed by atoms with Crippen LogP contribution in [0.4, 0.5) is 0 Å². The molecule has 2 aromatic carbocycles. The number of hydrogen-bond acceptors (Lipinski definition) is 3. The van der Waals surface area contributed by atoms with Gasteiger partial charge in [0.1, 0.15) is 11.3 Å². The van der Waals surface area contributed by atoms with Crippen molar-refractivity contribution in [2.45, 2.75) is 20.4 Å². The summed E-state index contributed by atoms with van der Waals surface area (Å²) < 4.78 is 7.17. The lowest BCUT2D eigenvalue weighted by Gasteiger charge is -2.22. The Hall–Kier alpha value is -2.47. The minimum absolute atomic E-state index is 0.242. The molecule has 0 radical (unpaired) electrons. The molecule has 3 rings (SSSR count). The topological polar surface area (TPSA) is 68.5 Å². The van der Waals surface area contributed by atoms with Crippen molar-refractivity contribution in [2.75, 3.05) is 7.11 Å². The first-order valence-corrected chi connectivity index (χ1v) is 10.1. The molecule has 0 aliphatic rings. The van der Waals surface area contributed by atoms with Gasteiger partial charge in [-0.25, -0.2) is 4.79 Å². The Morgan fingerprint density at radius 1 is 1.10 bits per heavy atom. The van der Waals surface area contributed by atoms with E-state index in [1.54, 1.807) is 47.9 Å². The van der Waals surface area contributed by atoms with E-state index in [0.29, 0.717) is 39.2 Å². The number of nitrogens with zero attached hydrogens (tertiary/aromatic N) is 1. The van der Waals surface area contributed by atoms with E-state index in [-0.39, 0.29) is 21.8 Å². The zero-order valence-electron chi connectivity index (χ0n) is 16.4. The first-order chi connectivity index (χ1) is 14.2. The van der Waals surface area contributed by atoms with Gasteiger partial charge >= 0.3 is 5.97 Å². The molecule has 3 aromatic rings. The summed E-state index contributed by atoms with van der Waals surface area (Å²) in [6.45, 7) is 4.05. The average molecular weight is 467 g/mol. The zero-order chi connectivity index (χ0) is 22.2. The van der Waals surface area contributed by atoms with Crippen molar-refractivity contribution < 1.29 is 14.6 Å². The normalized spacial score (nSPS) is 10.9. The van der Waals surface area contributed by atoms with Crippen molar-refractivity contribution >= 4 is 40.8 Å². The van der Waals surface area contributed by atoms with E-state index in [0.717, 1.165) is 0 Å². The maximum Gasteiger partial charge on any atom is 0.341 e. The quantitative estimate of drug-likeness (QED) is 0.487. The largest absolute Gasteiger partial charge is 0.496 e. The van der Waals surface area contributed by atoms with Crippen molar-refractivity contribution in [3.05, 3.63) is 72.9 Å². The second-order valence-corrected chi connectivity index (χ2v) is 7.79. The summed E-state index contributed by atoms with van der Waals surface area (Å²) in [7, 11) is 1.46. The standard InChI is InChI=1S/C22H18Cl3NO4/c1-4-26-11(2)18(14-7-6-13(23)10-17(14)30-3)21(27)19(22(28)29)20(26)12-5-8-15(24)16(25)9-12/h5-10H,4H2,1-3H3,(H,28,29). The summed E-state index contributed by atoms with van der Waals surface area (Å²) >= 11 is 18.2. The van der Waals surface area contributed by atoms with E-state index in [9.17, 15) is 14.7 Å². The van der Waals surface area contributed by atoms with Crippen LogP contribution in [0.1, 0.15) is 23.0 Å². The van der Waals surface area contributed by atoms with Crippen LogP contribution in [0.3, 0.4) is 0 Å². The Morgan fingerprint density at radius 3 is 2.37 bits per heavy atom. The highest BCUT2D eigenvalue weighted by molar-refractivity contribution is 6.42. The number of ether oxygens (including phenoxy) is 1. The second-order valence-electron chi connectivity index (χ2n) is 6.54. The van der Waals surface area contributed by atoms with Crippen LogP contribution in [-0.2, 0) is 6.54 Å². The molecule has 156 valence electrons. The predicted octanol–water partition coefficient (Wildman–Crippen LogP) is 6.18. The van der Waals surface area contributed by atoms with Crippen molar-refractivity contribution in [1.29, 1.82) is 0 Å². The molecule has 5 nitrogen and oxygen atoms in total. The summed E-state index contributed by atoms with van der Waals surface area (Å²) in [5.74, 6) is -0.957. The Balaban J connectivity index is 2.48. The molecule has 1 heterocycles. The zero-order valence-corrected chi connectivity index (χ0v) is 18.7. The van der Waals surface area contributed by atoms with Crippen LogP contribution in [0.2, 0.25) is 15.1 Å². The SMILES string of the molecule is CCn1c(C)c(-c2ccc(Cl)cc2OC)c(=O)c(C(=O)O)c1-c1ccc(Cl)c(Cl)c1. The predicted molar refractivity (Wildman–Crippen MR) is 121 cm³/mol. The Kier molecular flexibility index (Phi) is 6.46. The van der Waals surface area contributed by atoms with Gasteiger partial charge in [0.05, 0.1) is 28.4 Å². The second kappa shape index (κ2) is 8.72. The lowest BCUT2D eigenvalue weighted by Crippen LogP contribution is -2.25. The van der Waals surface area contributed by atoms with Gasteiger partial charge in [0.2, 0.25) is 5.43 Å². The third kappa shape index (κ3) is 3.81.